The third kappa shape index (κ3) is 2.92. The van der Waals surface area contributed by atoms with Crippen molar-refractivity contribution in [2.75, 3.05) is 19.6 Å². The highest BCUT2D eigenvalue weighted by Crippen LogP contribution is 2.47. The molecule has 0 aromatic heterocycles. The van der Waals surface area contributed by atoms with E-state index in [9.17, 15) is 9.59 Å². The zero-order valence-electron chi connectivity index (χ0n) is 14.0. The quantitative estimate of drug-likeness (QED) is 0.866. The van der Waals surface area contributed by atoms with Crippen LogP contribution in [0.2, 0.25) is 0 Å². The van der Waals surface area contributed by atoms with Crippen LogP contribution < -0.4 is 5.32 Å². The standard InChI is InChI=1S/C18H24N2O3/c1-17(2,3)23-16(22)20-11-14(13-7-5-4-6-8-13)18(12-20)9-10-19-15(18)21/h4-8,14H,9-12H2,1-3H3,(H,19,21)/t14-,18-/m0/s1. The lowest BCUT2D eigenvalue weighted by Crippen LogP contribution is -2.40. The van der Waals surface area contributed by atoms with E-state index in [0.29, 0.717) is 19.6 Å². The fourth-order valence-electron chi connectivity index (χ4n) is 3.66. The summed E-state index contributed by atoms with van der Waals surface area (Å²) in [5.74, 6) is 0.0659. The first-order valence-electron chi connectivity index (χ1n) is 8.13. The van der Waals surface area contributed by atoms with Crippen molar-refractivity contribution >= 4 is 12.0 Å². The monoisotopic (exact) mass is 316 g/mol. The molecule has 5 nitrogen and oxygen atoms in total. The van der Waals surface area contributed by atoms with E-state index in [1.807, 2.05) is 51.1 Å². The lowest BCUT2D eigenvalue weighted by atomic mass is 9.73. The molecule has 2 aliphatic heterocycles. The van der Waals surface area contributed by atoms with Crippen molar-refractivity contribution in [2.24, 2.45) is 5.41 Å². The van der Waals surface area contributed by atoms with Gasteiger partial charge in [0.25, 0.3) is 0 Å². The molecule has 2 fully saturated rings. The first-order chi connectivity index (χ1) is 10.8. The Hall–Kier alpha value is -2.04. The number of ether oxygens (including phenoxy) is 1. The molecular formula is C18H24N2O3. The van der Waals surface area contributed by atoms with Crippen molar-refractivity contribution in [1.82, 2.24) is 10.2 Å². The number of likely N-dealkylation sites (tertiary alicyclic amines) is 1. The summed E-state index contributed by atoms with van der Waals surface area (Å²) in [6.45, 7) is 7.18. The number of carbonyl (C=O) groups excluding carboxylic acids is 2. The summed E-state index contributed by atoms with van der Waals surface area (Å²) >= 11 is 0. The van der Waals surface area contributed by atoms with Crippen molar-refractivity contribution in [3.8, 4) is 0 Å². The molecule has 2 saturated heterocycles. The zero-order valence-corrected chi connectivity index (χ0v) is 14.0. The Morgan fingerprint density at radius 2 is 2.00 bits per heavy atom. The highest BCUT2D eigenvalue weighted by molar-refractivity contribution is 5.87. The zero-order chi connectivity index (χ0) is 16.7. The van der Waals surface area contributed by atoms with E-state index in [1.165, 1.54) is 0 Å². The van der Waals surface area contributed by atoms with Crippen molar-refractivity contribution in [2.45, 2.75) is 38.7 Å². The second kappa shape index (κ2) is 5.55. The van der Waals surface area contributed by atoms with Crippen LogP contribution in [0.3, 0.4) is 0 Å². The number of hydrogen-bond acceptors (Lipinski definition) is 3. The molecule has 3 rings (SSSR count). The van der Waals surface area contributed by atoms with Gasteiger partial charge in [-0.2, -0.15) is 0 Å². The largest absolute Gasteiger partial charge is 0.444 e. The molecule has 0 radical (unpaired) electrons. The van der Waals surface area contributed by atoms with E-state index < -0.39 is 11.0 Å². The molecule has 0 aliphatic carbocycles. The Morgan fingerprint density at radius 1 is 1.30 bits per heavy atom. The lowest BCUT2D eigenvalue weighted by molar-refractivity contribution is -0.127. The van der Waals surface area contributed by atoms with Crippen molar-refractivity contribution in [3.05, 3.63) is 35.9 Å². The molecule has 2 aliphatic rings. The molecule has 1 aromatic carbocycles. The minimum absolute atomic E-state index is 0.0127. The number of rotatable bonds is 1. The van der Waals surface area contributed by atoms with E-state index in [4.69, 9.17) is 4.74 Å². The van der Waals surface area contributed by atoms with E-state index in [1.54, 1.807) is 4.90 Å². The third-order valence-corrected chi connectivity index (χ3v) is 4.71. The number of benzene rings is 1. The highest BCUT2D eigenvalue weighted by atomic mass is 16.6. The number of carbonyl (C=O) groups is 2. The number of nitrogens with zero attached hydrogens (tertiary/aromatic N) is 1. The molecule has 0 bridgehead atoms. The molecule has 2 amide bonds. The Balaban J connectivity index is 1.89. The second-order valence-electron chi connectivity index (χ2n) is 7.49. The second-order valence-corrected chi connectivity index (χ2v) is 7.49. The van der Waals surface area contributed by atoms with Crippen LogP contribution in [-0.2, 0) is 9.53 Å². The fourth-order valence-corrected chi connectivity index (χ4v) is 3.66. The minimum Gasteiger partial charge on any atom is -0.444 e. The van der Waals surface area contributed by atoms with E-state index in [2.05, 4.69) is 5.32 Å². The first-order valence-corrected chi connectivity index (χ1v) is 8.13. The molecule has 1 N–H and O–H groups in total. The van der Waals surface area contributed by atoms with Crippen LogP contribution in [0.15, 0.2) is 30.3 Å². The van der Waals surface area contributed by atoms with Gasteiger partial charge in [-0.25, -0.2) is 4.79 Å². The molecule has 2 atom stereocenters. The predicted octanol–water partition coefficient (Wildman–Crippen LogP) is 2.53. The van der Waals surface area contributed by atoms with Crippen LogP contribution >= 0.6 is 0 Å². The summed E-state index contributed by atoms with van der Waals surface area (Å²) in [7, 11) is 0. The van der Waals surface area contributed by atoms with Gasteiger partial charge in [0.15, 0.2) is 0 Å². The van der Waals surface area contributed by atoms with Gasteiger partial charge in [0, 0.05) is 25.6 Å². The van der Waals surface area contributed by atoms with Crippen LogP contribution in [-0.4, -0.2) is 42.1 Å². The van der Waals surface area contributed by atoms with E-state index in [0.717, 1.165) is 12.0 Å². The summed E-state index contributed by atoms with van der Waals surface area (Å²) in [5.41, 5.74) is 0.0428. The van der Waals surface area contributed by atoms with Gasteiger partial charge in [-0.05, 0) is 32.8 Å². The number of hydrogen-bond donors (Lipinski definition) is 1. The molecule has 1 aromatic rings. The van der Waals surface area contributed by atoms with E-state index in [-0.39, 0.29) is 17.9 Å². The maximum absolute atomic E-state index is 12.5. The summed E-state index contributed by atoms with van der Waals surface area (Å²) in [4.78, 5) is 26.7. The molecule has 2 heterocycles. The average molecular weight is 316 g/mol. The Kier molecular flexibility index (Phi) is 3.82. The van der Waals surface area contributed by atoms with Crippen molar-refractivity contribution in [1.29, 1.82) is 0 Å². The summed E-state index contributed by atoms with van der Waals surface area (Å²) in [6, 6.07) is 10.00. The summed E-state index contributed by atoms with van der Waals surface area (Å²) in [6.07, 6.45) is 0.417. The van der Waals surface area contributed by atoms with Gasteiger partial charge in [0.05, 0.1) is 5.41 Å². The normalized spacial score (nSPS) is 27.3. The van der Waals surface area contributed by atoms with Gasteiger partial charge in [-0.1, -0.05) is 30.3 Å². The smallest absolute Gasteiger partial charge is 0.410 e. The molecular weight excluding hydrogens is 292 g/mol. The predicted molar refractivity (Wildman–Crippen MR) is 87.0 cm³/mol. The van der Waals surface area contributed by atoms with Crippen LogP contribution in [0.25, 0.3) is 0 Å². The molecule has 0 saturated carbocycles. The maximum Gasteiger partial charge on any atom is 0.410 e. The molecule has 0 unspecified atom stereocenters. The topological polar surface area (TPSA) is 58.6 Å². The van der Waals surface area contributed by atoms with Crippen LogP contribution in [0.5, 0.6) is 0 Å². The third-order valence-electron chi connectivity index (χ3n) is 4.71. The van der Waals surface area contributed by atoms with Gasteiger partial charge in [0.1, 0.15) is 5.60 Å². The van der Waals surface area contributed by atoms with Crippen molar-refractivity contribution < 1.29 is 14.3 Å². The Morgan fingerprint density at radius 3 is 2.57 bits per heavy atom. The first kappa shape index (κ1) is 15.8. The van der Waals surface area contributed by atoms with Gasteiger partial charge >= 0.3 is 6.09 Å². The maximum atomic E-state index is 12.5. The van der Waals surface area contributed by atoms with Crippen LogP contribution in [0, 0.1) is 5.41 Å². The molecule has 23 heavy (non-hydrogen) atoms. The van der Waals surface area contributed by atoms with Gasteiger partial charge in [-0.15, -0.1) is 0 Å². The highest BCUT2D eigenvalue weighted by Gasteiger charge is 2.56. The number of amides is 2. The lowest BCUT2D eigenvalue weighted by Gasteiger charge is -2.27. The Labute approximate surface area is 137 Å². The number of nitrogens with one attached hydrogen (secondary N) is 1. The molecule has 5 heteroatoms. The Bertz CT molecular complexity index is 608. The average Bonchev–Trinajstić information content (AvgIpc) is 3.04. The van der Waals surface area contributed by atoms with Crippen LogP contribution in [0.1, 0.15) is 38.7 Å². The summed E-state index contributed by atoms with van der Waals surface area (Å²) < 4.78 is 5.50. The van der Waals surface area contributed by atoms with Gasteiger partial charge < -0.3 is 15.0 Å². The van der Waals surface area contributed by atoms with Crippen molar-refractivity contribution in [3.63, 3.8) is 0 Å². The molecule has 1 spiro atoms. The van der Waals surface area contributed by atoms with Gasteiger partial charge in [0.2, 0.25) is 5.91 Å². The minimum atomic E-state index is -0.535. The fraction of sp³-hybridized carbons (Fsp3) is 0.556. The van der Waals surface area contributed by atoms with Crippen LogP contribution in [0.4, 0.5) is 4.79 Å². The summed E-state index contributed by atoms with van der Waals surface area (Å²) in [5, 5.41) is 2.94. The molecule has 124 valence electrons. The van der Waals surface area contributed by atoms with E-state index >= 15 is 0 Å². The van der Waals surface area contributed by atoms with Gasteiger partial charge in [-0.3, -0.25) is 4.79 Å². The SMILES string of the molecule is CC(C)(C)OC(=O)N1C[C@@H](c2ccccc2)[C@]2(CCNC2=O)C1.